The lowest BCUT2D eigenvalue weighted by molar-refractivity contribution is -0.127. The van der Waals surface area contributed by atoms with Gasteiger partial charge in [-0.05, 0) is 37.1 Å². The van der Waals surface area contributed by atoms with Crippen molar-refractivity contribution in [1.29, 1.82) is 0 Å². The molecule has 0 bridgehead atoms. The third kappa shape index (κ3) is 6.03. The Kier molecular flexibility index (Phi) is 7.75. The Morgan fingerprint density at radius 3 is 2.60 bits per heavy atom. The SMILES string of the molecule is CC(Oc1ccccc1Cl)C(=O)NCC(CO)Cc1ccccc1Br. The highest BCUT2D eigenvalue weighted by Crippen LogP contribution is 2.24. The van der Waals surface area contributed by atoms with Crippen LogP contribution in [0.15, 0.2) is 53.0 Å². The highest BCUT2D eigenvalue weighted by atomic mass is 79.9. The van der Waals surface area contributed by atoms with Gasteiger partial charge in [0.05, 0.1) is 5.02 Å². The molecule has 0 heterocycles. The van der Waals surface area contributed by atoms with Crippen molar-refractivity contribution in [3.05, 3.63) is 63.6 Å². The van der Waals surface area contributed by atoms with Crippen LogP contribution in [0, 0.1) is 5.92 Å². The number of halogens is 2. The van der Waals surface area contributed by atoms with E-state index in [0.29, 0.717) is 23.7 Å². The number of carbonyl (C=O) groups is 1. The summed E-state index contributed by atoms with van der Waals surface area (Å²) in [6.07, 6.45) is -0.0134. The summed E-state index contributed by atoms with van der Waals surface area (Å²) in [5.74, 6) is 0.152. The van der Waals surface area contributed by atoms with Gasteiger partial charge in [-0.25, -0.2) is 0 Å². The van der Waals surface area contributed by atoms with Crippen LogP contribution in [-0.2, 0) is 11.2 Å². The van der Waals surface area contributed by atoms with Crippen LogP contribution in [-0.4, -0.2) is 30.3 Å². The Morgan fingerprint density at radius 2 is 1.92 bits per heavy atom. The summed E-state index contributed by atoms with van der Waals surface area (Å²) in [6.45, 7) is 2.02. The molecule has 0 radical (unpaired) electrons. The molecule has 6 heteroatoms. The minimum atomic E-state index is -0.678. The van der Waals surface area contributed by atoms with Crippen LogP contribution in [0.4, 0.5) is 0 Å². The van der Waals surface area contributed by atoms with E-state index in [1.807, 2.05) is 24.3 Å². The minimum Gasteiger partial charge on any atom is -0.479 e. The molecule has 2 unspecified atom stereocenters. The lowest BCUT2D eigenvalue weighted by Crippen LogP contribution is -2.40. The fraction of sp³-hybridized carbons (Fsp3) is 0.316. The topological polar surface area (TPSA) is 58.6 Å². The fourth-order valence-electron chi connectivity index (χ4n) is 2.35. The number of amides is 1. The van der Waals surface area contributed by atoms with E-state index in [-0.39, 0.29) is 18.4 Å². The summed E-state index contributed by atoms with van der Waals surface area (Å²) in [5, 5.41) is 12.9. The van der Waals surface area contributed by atoms with E-state index in [9.17, 15) is 9.90 Å². The molecule has 0 aromatic heterocycles. The average molecular weight is 427 g/mol. The predicted molar refractivity (Wildman–Crippen MR) is 103 cm³/mol. The third-order valence-corrected chi connectivity index (χ3v) is 4.89. The maximum atomic E-state index is 12.2. The molecule has 0 spiro atoms. The number of benzene rings is 2. The van der Waals surface area contributed by atoms with Crippen LogP contribution >= 0.6 is 27.5 Å². The van der Waals surface area contributed by atoms with E-state index in [2.05, 4.69) is 21.2 Å². The van der Waals surface area contributed by atoms with Crippen LogP contribution in [0.5, 0.6) is 5.75 Å². The van der Waals surface area contributed by atoms with Crippen LogP contribution in [0.2, 0.25) is 5.02 Å². The molecule has 0 saturated heterocycles. The smallest absolute Gasteiger partial charge is 0.260 e. The number of para-hydroxylation sites is 1. The van der Waals surface area contributed by atoms with E-state index in [4.69, 9.17) is 16.3 Å². The van der Waals surface area contributed by atoms with E-state index in [1.165, 1.54) is 0 Å². The molecule has 25 heavy (non-hydrogen) atoms. The molecule has 2 N–H and O–H groups in total. The highest BCUT2D eigenvalue weighted by molar-refractivity contribution is 9.10. The average Bonchev–Trinajstić information content (AvgIpc) is 2.61. The van der Waals surface area contributed by atoms with E-state index < -0.39 is 6.10 Å². The Bertz CT molecular complexity index is 711. The first-order valence-corrected chi connectivity index (χ1v) is 9.21. The molecule has 134 valence electrons. The first-order valence-electron chi connectivity index (χ1n) is 8.04. The summed E-state index contributed by atoms with van der Waals surface area (Å²) in [4.78, 5) is 12.2. The summed E-state index contributed by atoms with van der Waals surface area (Å²) in [6, 6.07) is 14.9. The second-order valence-corrected chi connectivity index (χ2v) is 7.04. The van der Waals surface area contributed by atoms with Crippen LogP contribution < -0.4 is 10.1 Å². The number of hydrogen-bond donors (Lipinski definition) is 2. The normalized spacial score (nSPS) is 13.1. The highest BCUT2D eigenvalue weighted by Gasteiger charge is 2.18. The fourth-order valence-corrected chi connectivity index (χ4v) is 2.98. The number of aliphatic hydroxyl groups is 1. The Morgan fingerprint density at radius 1 is 1.24 bits per heavy atom. The van der Waals surface area contributed by atoms with Crippen molar-refractivity contribution >= 4 is 33.4 Å². The lowest BCUT2D eigenvalue weighted by Gasteiger charge is -2.19. The van der Waals surface area contributed by atoms with Crippen molar-refractivity contribution in [2.45, 2.75) is 19.4 Å². The second-order valence-electron chi connectivity index (χ2n) is 5.78. The number of nitrogens with one attached hydrogen (secondary N) is 1. The van der Waals surface area contributed by atoms with Gasteiger partial charge in [0, 0.05) is 23.5 Å². The molecule has 1 amide bonds. The molecule has 2 rings (SSSR count). The molecule has 0 aliphatic carbocycles. The van der Waals surface area contributed by atoms with Crippen LogP contribution in [0.25, 0.3) is 0 Å². The van der Waals surface area contributed by atoms with Gasteiger partial charge in [-0.2, -0.15) is 0 Å². The molecule has 4 nitrogen and oxygen atoms in total. The summed E-state index contributed by atoms with van der Waals surface area (Å²) in [5.41, 5.74) is 1.09. The molecule has 0 aliphatic heterocycles. The van der Waals surface area contributed by atoms with Crippen molar-refractivity contribution in [3.8, 4) is 5.75 Å². The van der Waals surface area contributed by atoms with Gasteiger partial charge in [0.2, 0.25) is 0 Å². The van der Waals surface area contributed by atoms with E-state index >= 15 is 0 Å². The van der Waals surface area contributed by atoms with Gasteiger partial charge in [-0.1, -0.05) is 57.9 Å². The summed E-state index contributed by atoms with van der Waals surface area (Å²) >= 11 is 9.53. The summed E-state index contributed by atoms with van der Waals surface area (Å²) < 4.78 is 6.59. The molecular weight excluding hydrogens is 406 g/mol. The number of carbonyl (C=O) groups excluding carboxylic acids is 1. The molecule has 0 saturated carbocycles. The van der Waals surface area contributed by atoms with Crippen molar-refractivity contribution in [1.82, 2.24) is 5.32 Å². The molecular formula is C19H21BrClNO3. The second kappa shape index (κ2) is 9.80. The van der Waals surface area contributed by atoms with E-state index in [0.717, 1.165) is 10.0 Å². The third-order valence-electron chi connectivity index (χ3n) is 3.80. The quantitative estimate of drug-likeness (QED) is 0.674. The standard InChI is InChI=1S/C19H21BrClNO3/c1-13(25-18-9-5-4-8-17(18)21)19(24)22-11-14(12-23)10-15-6-2-3-7-16(15)20/h2-9,13-14,23H,10-12H2,1H3,(H,22,24). The Labute approximate surface area is 161 Å². The van der Waals surface area contributed by atoms with Gasteiger partial charge in [0.1, 0.15) is 5.75 Å². The number of aliphatic hydroxyl groups excluding tert-OH is 1. The number of ether oxygens (including phenoxy) is 1. The molecule has 2 aromatic rings. The van der Waals surface area contributed by atoms with Crippen molar-refractivity contribution in [2.75, 3.05) is 13.2 Å². The van der Waals surface area contributed by atoms with Crippen molar-refractivity contribution in [3.63, 3.8) is 0 Å². The predicted octanol–water partition coefficient (Wildman–Crippen LogP) is 3.84. The van der Waals surface area contributed by atoms with Crippen molar-refractivity contribution in [2.24, 2.45) is 5.92 Å². The van der Waals surface area contributed by atoms with Gasteiger partial charge < -0.3 is 15.2 Å². The maximum Gasteiger partial charge on any atom is 0.260 e. The molecule has 0 fully saturated rings. The zero-order valence-electron chi connectivity index (χ0n) is 13.9. The molecule has 2 atom stereocenters. The summed E-state index contributed by atoms with van der Waals surface area (Å²) in [7, 11) is 0. The minimum absolute atomic E-state index is 0.0125. The monoisotopic (exact) mass is 425 g/mol. The van der Waals surface area contributed by atoms with Gasteiger partial charge >= 0.3 is 0 Å². The van der Waals surface area contributed by atoms with Gasteiger partial charge in [0.15, 0.2) is 6.10 Å². The first-order chi connectivity index (χ1) is 12.0. The number of hydrogen-bond acceptors (Lipinski definition) is 3. The number of rotatable bonds is 8. The first kappa shape index (κ1) is 19.8. The van der Waals surface area contributed by atoms with Gasteiger partial charge in [0.25, 0.3) is 5.91 Å². The maximum absolute atomic E-state index is 12.2. The Balaban J connectivity index is 1.87. The Hall–Kier alpha value is -1.56. The zero-order chi connectivity index (χ0) is 18.2. The van der Waals surface area contributed by atoms with Crippen LogP contribution in [0.3, 0.4) is 0 Å². The van der Waals surface area contributed by atoms with Gasteiger partial charge in [-0.3, -0.25) is 4.79 Å². The molecule has 0 aliphatic rings. The van der Waals surface area contributed by atoms with Gasteiger partial charge in [-0.15, -0.1) is 0 Å². The lowest BCUT2D eigenvalue weighted by atomic mass is 10.00. The van der Waals surface area contributed by atoms with E-state index in [1.54, 1.807) is 31.2 Å². The van der Waals surface area contributed by atoms with Crippen molar-refractivity contribution < 1.29 is 14.6 Å². The zero-order valence-corrected chi connectivity index (χ0v) is 16.3. The molecule has 2 aromatic carbocycles. The van der Waals surface area contributed by atoms with Crippen LogP contribution in [0.1, 0.15) is 12.5 Å². The largest absolute Gasteiger partial charge is 0.479 e.